The van der Waals surface area contributed by atoms with Gasteiger partial charge >= 0.3 is 5.97 Å². The second kappa shape index (κ2) is 5.88. The van der Waals surface area contributed by atoms with Crippen LogP contribution in [0.15, 0.2) is 6.20 Å². The van der Waals surface area contributed by atoms with Crippen LogP contribution in [0.3, 0.4) is 0 Å². The molecule has 2 N–H and O–H groups in total. The minimum absolute atomic E-state index is 0.0265. The van der Waals surface area contributed by atoms with Crippen LogP contribution in [0.1, 0.15) is 23.2 Å². The molecule has 1 aromatic rings. The minimum atomic E-state index is -2.79. The average molecular weight is 265 g/mol. The van der Waals surface area contributed by atoms with Gasteiger partial charge in [0.05, 0.1) is 29.8 Å². The first-order chi connectivity index (χ1) is 8.01. The Morgan fingerprint density at radius 3 is 2.76 bits per heavy atom. The molecule has 0 saturated heterocycles. The Balaban J connectivity index is 3.18. The van der Waals surface area contributed by atoms with Crippen LogP contribution in [0.2, 0.25) is 5.02 Å². The molecule has 1 heterocycles. The van der Waals surface area contributed by atoms with Crippen LogP contribution < -0.4 is 5.73 Å². The van der Waals surface area contributed by atoms with Crippen LogP contribution in [-0.2, 0) is 22.5 Å². The number of methoxy groups -OCH3 is 1. The molecule has 0 aliphatic rings. The summed E-state index contributed by atoms with van der Waals surface area (Å²) < 4.78 is 30.0. The van der Waals surface area contributed by atoms with Crippen molar-refractivity contribution in [3.05, 3.63) is 28.0 Å². The number of carbonyl (C=O) groups excluding carboxylic acids is 1. The third kappa shape index (κ3) is 3.10. The van der Waals surface area contributed by atoms with Gasteiger partial charge < -0.3 is 10.5 Å². The normalized spacial score (nSPS) is 10.7. The number of ether oxygens (including phenoxy) is 1. The van der Waals surface area contributed by atoms with Gasteiger partial charge in [-0.3, -0.25) is 9.78 Å². The van der Waals surface area contributed by atoms with Crippen molar-refractivity contribution in [2.24, 2.45) is 5.73 Å². The largest absolute Gasteiger partial charge is 0.469 e. The van der Waals surface area contributed by atoms with Gasteiger partial charge in [-0.25, -0.2) is 8.78 Å². The minimum Gasteiger partial charge on any atom is -0.469 e. The van der Waals surface area contributed by atoms with Crippen molar-refractivity contribution in [2.75, 3.05) is 7.11 Å². The summed E-state index contributed by atoms with van der Waals surface area (Å²) in [7, 11) is 1.20. The Bertz CT molecular complexity index is 427. The van der Waals surface area contributed by atoms with E-state index in [0.717, 1.165) is 0 Å². The molecule has 0 aliphatic carbocycles. The van der Waals surface area contributed by atoms with Gasteiger partial charge in [-0.15, -0.1) is 0 Å². The summed E-state index contributed by atoms with van der Waals surface area (Å²) in [6.07, 6.45) is -1.73. The first kappa shape index (κ1) is 13.8. The van der Waals surface area contributed by atoms with Crippen LogP contribution in [-0.4, -0.2) is 18.1 Å². The summed E-state index contributed by atoms with van der Waals surface area (Å²) in [5, 5.41) is -0.180. The van der Waals surface area contributed by atoms with E-state index < -0.39 is 18.0 Å². The summed E-state index contributed by atoms with van der Waals surface area (Å²) in [6.45, 7) is -0.141. The number of halogens is 3. The van der Waals surface area contributed by atoms with E-state index in [-0.39, 0.29) is 29.2 Å². The predicted molar refractivity (Wildman–Crippen MR) is 57.8 cm³/mol. The smallest absolute Gasteiger partial charge is 0.310 e. The van der Waals surface area contributed by atoms with E-state index >= 15 is 0 Å². The molecule has 0 fully saturated rings. The highest BCUT2D eigenvalue weighted by molar-refractivity contribution is 6.32. The molecular formula is C10H11ClF2N2O2. The van der Waals surface area contributed by atoms with Gasteiger partial charge in [0.25, 0.3) is 6.43 Å². The van der Waals surface area contributed by atoms with E-state index in [2.05, 4.69) is 9.72 Å². The van der Waals surface area contributed by atoms with E-state index in [1.54, 1.807) is 0 Å². The van der Waals surface area contributed by atoms with Crippen molar-refractivity contribution in [2.45, 2.75) is 19.4 Å². The maximum absolute atomic E-state index is 12.8. The first-order valence-electron chi connectivity index (χ1n) is 4.72. The first-order valence-corrected chi connectivity index (χ1v) is 5.10. The van der Waals surface area contributed by atoms with Gasteiger partial charge in [-0.05, 0) is 0 Å². The summed E-state index contributed by atoms with van der Waals surface area (Å²) >= 11 is 5.81. The molecule has 0 aromatic carbocycles. The Morgan fingerprint density at radius 1 is 1.65 bits per heavy atom. The number of nitrogens with zero attached hydrogens (tertiary/aromatic N) is 1. The highest BCUT2D eigenvalue weighted by atomic mass is 35.5. The van der Waals surface area contributed by atoms with E-state index in [1.807, 2.05) is 0 Å². The lowest BCUT2D eigenvalue weighted by Gasteiger charge is -2.11. The fraction of sp³-hybridized carbons (Fsp3) is 0.400. The predicted octanol–water partition coefficient (Wildman–Crippen LogP) is 1.85. The fourth-order valence-electron chi connectivity index (χ4n) is 1.32. The van der Waals surface area contributed by atoms with E-state index in [9.17, 15) is 13.6 Å². The summed E-state index contributed by atoms with van der Waals surface area (Å²) in [6, 6.07) is 0. The summed E-state index contributed by atoms with van der Waals surface area (Å²) in [5.41, 5.74) is 5.09. The van der Waals surface area contributed by atoms with Crippen molar-refractivity contribution in [1.29, 1.82) is 0 Å². The molecule has 0 spiro atoms. The van der Waals surface area contributed by atoms with E-state index in [0.29, 0.717) is 0 Å². The topological polar surface area (TPSA) is 65.2 Å². The number of pyridine rings is 1. The number of carbonyl (C=O) groups is 1. The molecule has 4 nitrogen and oxygen atoms in total. The molecule has 0 aliphatic heterocycles. The van der Waals surface area contributed by atoms with Gasteiger partial charge in [0.15, 0.2) is 0 Å². The Hall–Kier alpha value is -1.27. The highest BCUT2D eigenvalue weighted by Crippen LogP contribution is 2.32. The average Bonchev–Trinajstić information content (AvgIpc) is 2.30. The molecule has 7 heteroatoms. The number of aromatic nitrogens is 1. The Labute approximate surface area is 102 Å². The molecule has 0 unspecified atom stereocenters. The number of rotatable bonds is 4. The standard InChI is InChI=1S/C10H11ClF2N2O2/c1-17-7(16)2-5-4-15-6(3-14)8(9(5)11)10(12)13/h4,10H,2-3,14H2,1H3. The molecule has 17 heavy (non-hydrogen) atoms. The zero-order valence-electron chi connectivity index (χ0n) is 9.04. The molecular weight excluding hydrogens is 254 g/mol. The lowest BCUT2D eigenvalue weighted by atomic mass is 10.1. The number of hydrogen-bond acceptors (Lipinski definition) is 4. The van der Waals surface area contributed by atoms with Crippen LogP contribution in [0.4, 0.5) is 8.78 Å². The number of nitrogens with two attached hydrogens (primary N) is 1. The molecule has 1 aromatic heterocycles. The lowest BCUT2D eigenvalue weighted by molar-refractivity contribution is -0.139. The molecule has 0 bridgehead atoms. The second-order valence-electron chi connectivity index (χ2n) is 3.22. The van der Waals surface area contributed by atoms with E-state index in [4.69, 9.17) is 17.3 Å². The molecule has 0 saturated carbocycles. The fourth-order valence-corrected chi connectivity index (χ4v) is 1.62. The Kier molecular flexibility index (Phi) is 4.77. The summed E-state index contributed by atoms with van der Waals surface area (Å²) in [5.74, 6) is -0.575. The van der Waals surface area contributed by atoms with Crippen LogP contribution >= 0.6 is 11.6 Å². The molecule has 0 atom stereocenters. The SMILES string of the molecule is COC(=O)Cc1cnc(CN)c(C(F)F)c1Cl. The van der Waals surface area contributed by atoms with Gasteiger partial charge in [0.1, 0.15) is 0 Å². The summed E-state index contributed by atoms with van der Waals surface area (Å²) in [4.78, 5) is 14.8. The Morgan fingerprint density at radius 2 is 2.29 bits per heavy atom. The zero-order chi connectivity index (χ0) is 13.0. The van der Waals surface area contributed by atoms with Crippen molar-refractivity contribution < 1.29 is 18.3 Å². The maximum Gasteiger partial charge on any atom is 0.310 e. The van der Waals surface area contributed by atoms with Gasteiger partial charge in [-0.1, -0.05) is 11.6 Å². The number of alkyl halides is 2. The quantitative estimate of drug-likeness (QED) is 0.843. The van der Waals surface area contributed by atoms with Crippen molar-refractivity contribution >= 4 is 17.6 Å². The second-order valence-corrected chi connectivity index (χ2v) is 3.59. The van der Waals surface area contributed by atoms with Crippen molar-refractivity contribution in [3.8, 4) is 0 Å². The number of hydrogen-bond donors (Lipinski definition) is 1. The van der Waals surface area contributed by atoms with Crippen LogP contribution in [0.25, 0.3) is 0 Å². The third-order valence-electron chi connectivity index (χ3n) is 2.18. The lowest BCUT2D eigenvalue weighted by Crippen LogP contribution is -2.10. The van der Waals surface area contributed by atoms with Gasteiger partial charge in [0, 0.05) is 18.3 Å². The van der Waals surface area contributed by atoms with Crippen molar-refractivity contribution in [1.82, 2.24) is 4.98 Å². The van der Waals surface area contributed by atoms with Crippen LogP contribution in [0.5, 0.6) is 0 Å². The van der Waals surface area contributed by atoms with E-state index in [1.165, 1.54) is 13.3 Å². The highest BCUT2D eigenvalue weighted by Gasteiger charge is 2.21. The number of esters is 1. The third-order valence-corrected chi connectivity index (χ3v) is 2.63. The van der Waals surface area contributed by atoms with Crippen molar-refractivity contribution in [3.63, 3.8) is 0 Å². The van der Waals surface area contributed by atoms with Gasteiger partial charge in [-0.2, -0.15) is 0 Å². The maximum atomic E-state index is 12.8. The monoisotopic (exact) mass is 264 g/mol. The molecule has 0 amide bonds. The molecule has 0 radical (unpaired) electrons. The molecule has 1 rings (SSSR count). The zero-order valence-corrected chi connectivity index (χ0v) is 9.80. The molecule has 94 valence electrons. The van der Waals surface area contributed by atoms with Crippen LogP contribution in [0, 0.1) is 0 Å². The van der Waals surface area contributed by atoms with Gasteiger partial charge in [0.2, 0.25) is 0 Å².